The Morgan fingerprint density at radius 2 is 2.13 bits per heavy atom. The maximum Gasteiger partial charge on any atom is 0.230 e. The van der Waals surface area contributed by atoms with Crippen molar-refractivity contribution in [1.29, 1.82) is 5.26 Å². The summed E-state index contributed by atoms with van der Waals surface area (Å²) in [5, 5.41) is 7.65. The molecule has 0 radical (unpaired) electrons. The van der Waals surface area contributed by atoms with Crippen LogP contribution >= 0.6 is 0 Å². The van der Waals surface area contributed by atoms with Gasteiger partial charge < -0.3 is 4.74 Å². The molecule has 0 saturated carbocycles. The van der Waals surface area contributed by atoms with Crippen molar-refractivity contribution in [1.82, 2.24) is 4.31 Å². The van der Waals surface area contributed by atoms with E-state index >= 15 is 0 Å². The number of rotatable bonds is 2. The van der Waals surface area contributed by atoms with E-state index in [1.807, 2.05) is 13.8 Å². The Bertz CT molecular complexity index is 369. The van der Waals surface area contributed by atoms with Gasteiger partial charge in [0.2, 0.25) is 10.0 Å². The van der Waals surface area contributed by atoms with Crippen LogP contribution in [0.2, 0.25) is 0 Å². The average Bonchev–Trinajstić information content (AvgIpc) is 2.15. The Morgan fingerprint density at radius 1 is 1.53 bits per heavy atom. The summed E-state index contributed by atoms with van der Waals surface area (Å²) in [6, 6.07) is 1.76. The summed E-state index contributed by atoms with van der Waals surface area (Å²) in [5.74, 6) is 0. The van der Waals surface area contributed by atoms with Gasteiger partial charge in [-0.05, 0) is 20.8 Å². The van der Waals surface area contributed by atoms with Gasteiger partial charge in [-0.1, -0.05) is 0 Å². The van der Waals surface area contributed by atoms with Gasteiger partial charge in [-0.2, -0.15) is 9.57 Å². The van der Waals surface area contributed by atoms with E-state index in [1.165, 1.54) is 11.2 Å². The van der Waals surface area contributed by atoms with E-state index in [-0.39, 0.29) is 0 Å². The predicted octanol–water partition coefficient (Wildman–Crippen LogP) is 0.339. The molecule has 0 spiro atoms. The van der Waals surface area contributed by atoms with Crippen molar-refractivity contribution in [2.24, 2.45) is 0 Å². The summed E-state index contributed by atoms with van der Waals surface area (Å²) in [5.41, 5.74) is -0.472. The summed E-state index contributed by atoms with van der Waals surface area (Å²) >= 11 is 0. The van der Waals surface area contributed by atoms with Gasteiger partial charge in [0, 0.05) is 13.1 Å². The lowest BCUT2D eigenvalue weighted by molar-refractivity contribution is -0.0641. The molecule has 1 aliphatic heterocycles. The molecule has 1 unspecified atom stereocenters. The molecule has 0 N–H and O–H groups in total. The average molecular weight is 232 g/mol. The number of nitrogens with zero attached hydrogens (tertiary/aromatic N) is 2. The first kappa shape index (κ1) is 12.4. The maximum absolute atomic E-state index is 11.9. The van der Waals surface area contributed by atoms with Gasteiger partial charge in [-0.15, -0.1) is 0 Å². The van der Waals surface area contributed by atoms with Crippen molar-refractivity contribution in [3.63, 3.8) is 0 Å². The Labute approximate surface area is 90.7 Å². The van der Waals surface area contributed by atoms with Gasteiger partial charge >= 0.3 is 0 Å². The van der Waals surface area contributed by atoms with E-state index in [2.05, 4.69) is 0 Å². The van der Waals surface area contributed by atoms with Gasteiger partial charge in [0.05, 0.1) is 18.3 Å². The molecule has 1 heterocycles. The van der Waals surface area contributed by atoms with Crippen molar-refractivity contribution >= 4 is 10.0 Å². The minimum atomic E-state index is -3.49. The fourth-order valence-corrected chi connectivity index (χ4v) is 2.88. The molecule has 6 heteroatoms. The highest BCUT2D eigenvalue weighted by molar-refractivity contribution is 7.89. The third kappa shape index (κ3) is 2.68. The van der Waals surface area contributed by atoms with E-state index in [0.717, 1.165) is 0 Å². The van der Waals surface area contributed by atoms with Crippen LogP contribution in [0.3, 0.4) is 0 Å². The van der Waals surface area contributed by atoms with Crippen LogP contribution in [0.1, 0.15) is 20.8 Å². The minimum absolute atomic E-state index is 0.307. The molecule has 1 aliphatic rings. The van der Waals surface area contributed by atoms with E-state index in [9.17, 15) is 8.42 Å². The van der Waals surface area contributed by atoms with Crippen LogP contribution in [0.15, 0.2) is 0 Å². The van der Waals surface area contributed by atoms with Gasteiger partial charge in [-0.25, -0.2) is 8.42 Å². The zero-order valence-electron chi connectivity index (χ0n) is 9.23. The third-order valence-electron chi connectivity index (χ3n) is 2.38. The van der Waals surface area contributed by atoms with Gasteiger partial charge in [-0.3, -0.25) is 0 Å². The van der Waals surface area contributed by atoms with Gasteiger partial charge in [0.1, 0.15) is 0 Å². The first-order chi connectivity index (χ1) is 6.79. The number of nitriles is 1. The van der Waals surface area contributed by atoms with Gasteiger partial charge in [0.25, 0.3) is 0 Å². The lowest BCUT2D eigenvalue weighted by atomic mass is 10.1. The Balaban J connectivity index is 2.86. The molecule has 0 bridgehead atoms. The number of hydrogen-bond acceptors (Lipinski definition) is 4. The molecule has 0 amide bonds. The Hall–Kier alpha value is -0.640. The molecular weight excluding hydrogens is 216 g/mol. The van der Waals surface area contributed by atoms with Crippen LogP contribution in [0.25, 0.3) is 0 Å². The summed E-state index contributed by atoms with van der Waals surface area (Å²) < 4.78 is 30.5. The zero-order chi connectivity index (χ0) is 11.7. The molecule has 1 fully saturated rings. The smallest absolute Gasteiger partial charge is 0.230 e. The van der Waals surface area contributed by atoms with E-state index in [4.69, 9.17) is 10.00 Å². The second kappa shape index (κ2) is 4.08. The second-order valence-electron chi connectivity index (χ2n) is 4.26. The van der Waals surface area contributed by atoms with Crippen LogP contribution < -0.4 is 0 Å². The molecule has 1 saturated heterocycles. The van der Waals surface area contributed by atoms with Crippen molar-refractivity contribution in [2.45, 2.75) is 31.6 Å². The molecule has 1 rings (SSSR count). The van der Waals surface area contributed by atoms with Crippen molar-refractivity contribution in [3.05, 3.63) is 0 Å². The highest BCUT2D eigenvalue weighted by Crippen LogP contribution is 2.20. The Kier molecular flexibility index (Phi) is 3.38. The first-order valence-electron chi connectivity index (χ1n) is 4.82. The number of morpholine rings is 1. The highest BCUT2D eigenvalue weighted by atomic mass is 32.2. The predicted molar refractivity (Wildman–Crippen MR) is 55.6 cm³/mol. The lowest BCUT2D eigenvalue weighted by Gasteiger charge is -2.37. The highest BCUT2D eigenvalue weighted by Gasteiger charge is 2.36. The molecule has 0 aromatic heterocycles. The normalized spacial score (nSPS) is 24.4. The lowest BCUT2D eigenvalue weighted by Crippen LogP contribution is -2.52. The largest absolute Gasteiger partial charge is 0.373 e. The molecular formula is C9H16N2O3S. The van der Waals surface area contributed by atoms with Crippen LogP contribution in [0, 0.1) is 11.3 Å². The zero-order valence-corrected chi connectivity index (χ0v) is 10.0. The van der Waals surface area contributed by atoms with E-state index < -0.39 is 20.9 Å². The van der Waals surface area contributed by atoms with Gasteiger partial charge in [0.15, 0.2) is 5.25 Å². The van der Waals surface area contributed by atoms with Crippen molar-refractivity contribution < 1.29 is 13.2 Å². The molecule has 5 nitrogen and oxygen atoms in total. The fraction of sp³-hybridized carbons (Fsp3) is 0.889. The number of hydrogen-bond donors (Lipinski definition) is 0. The number of ether oxygens (including phenoxy) is 1. The van der Waals surface area contributed by atoms with Crippen LogP contribution in [0.5, 0.6) is 0 Å². The summed E-state index contributed by atoms with van der Waals surface area (Å²) in [4.78, 5) is 0. The molecule has 0 aromatic rings. The third-order valence-corrected chi connectivity index (χ3v) is 4.41. The van der Waals surface area contributed by atoms with Crippen LogP contribution in [0.4, 0.5) is 0 Å². The van der Waals surface area contributed by atoms with E-state index in [1.54, 1.807) is 6.07 Å². The summed E-state index contributed by atoms with van der Waals surface area (Å²) in [6.07, 6.45) is 0. The summed E-state index contributed by atoms with van der Waals surface area (Å²) in [7, 11) is -3.49. The van der Waals surface area contributed by atoms with Crippen molar-refractivity contribution in [3.8, 4) is 6.07 Å². The number of sulfonamides is 1. The van der Waals surface area contributed by atoms with Crippen LogP contribution in [-0.2, 0) is 14.8 Å². The molecule has 86 valence electrons. The quantitative estimate of drug-likeness (QED) is 0.688. The van der Waals surface area contributed by atoms with E-state index in [0.29, 0.717) is 19.7 Å². The first-order valence-corrected chi connectivity index (χ1v) is 6.32. The molecule has 0 aliphatic carbocycles. The molecule has 15 heavy (non-hydrogen) atoms. The second-order valence-corrected chi connectivity index (χ2v) is 6.51. The molecule has 1 atom stereocenters. The standard InChI is InChI=1S/C9H16N2O3S/c1-8(6-10)15(12,13)11-4-5-14-9(2,3)7-11/h8H,4-5,7H2,1-3H3. The summed E-state index contributed by atoms with van der Waals surface area (Å²) in [6.45, 7) is 6.10. The topological polar surface area (TPSA) is 70.4 Å². The maximum atomic E-state index is 11.9. The van der Waals surface area contributed by atoms with Crippen molar-refractivity contribution in [2.75, 3.05) is 19.7 Å². The molecule has 0 aromatic carbocycles. The minimum Gasteiger partial charge on any atom is -0.373 e. The fourth-order valence-electron chi connectivity index (χ4n) is 1.48. The monoisotopic (exact) mass is 232 g/mol. The SMILES string of the molecule is CC(C#N)S(=O)(=O)N1CCOC(C)(C)C1. The van der Waals surface area contributed by atoms with Crippen LogP contribution in [-0.4, -0.2) is 43.3 Å². The Morgan fingerprint density at radius 3 is 2.60 bits per heavy atom.